The van der Waals surface area contributed by atoms with E-state index in [1.165, 1.54) is 29.3 Å². The van der Waals surface area contributed by atoms with Crippen molar-refractivity contribution in [2.75, 3.05) is 14.2 Å². The molecule has 0 aromatic heterocycles. The summed E-state index contributed by atoms with van der Waals surface area (Å²) < 4.78 is 5.18. The van der Waals surface area contributed by atoms with E-state index in [9.17, 15) is 4.79 Å². The van der Waals surface area contributed by atoms with Crippen molar-refractivity contribution in [3.8, 4) is 16.9 Å². The molecule has 170 valence electrons. The molecular weight excluding hydrogens is 428 g/mol. The third-order valence-electron chi connectivity index (χ3n) is 4.89. The monoisotopic (exact) mass is 458 g/mol. The van der Waals surface area contributed by atoms with Crippen molar-refractivity contribution in [2.24, 2.45) is 4.99 Å². The Balaban J connectivity index is 0.000000968. The number of aryl methyl sites for hydroxylation is 1. The third-order valence-corrected chi connectivity index (χ3v) is 5.95. The molecule has 1 saturated heterocycles. The summed E-state index contributed by atoms with van der Waals surface area (Å²) in [4.78, 5) is 19.5. The molecule has 3 aromatic rings. The van der Waals surface area contributed by atoms with Crippen molar-refractivity contribution in [1.29, 1.82) is 0 Å². The van der Waals surface area contributed by atoms with Gasteiger partial charge in [-0.15, -0.1) is 0 Å². The molecule has 0 bridgehead atoms. The second kappa shape index (κ2) is 11.5. The van der Waals surface area contributed by atoms with Gasteiger partial charge < -0.3 is 4.74 Å². The lowest BCUT2D eigenvalue weighted by atomic mass is 10.0. The first-order valence-electron chi connectivity index (χ1n) is 11.0. The van der Waals surface area contributed by atoms with Crippen LogP contribution in [0.25, 0.3) is 17.2 Å². The number of amidine groups is 1. The summed E-state index contributed by atoms with van der Waals surface area (Å²) in [6.45, 7) is 6.33. The van der Waals surface area contributed by atoms with E-state index in [0.29, 0.717) is 10.1 Å². The first-order chi connectivity index (χ1) is 15.9. The van der Waals surface area contributed by atoms with Crippen molar-refractivity contribution in [2.45, 2.75) is 27.2 Å². The van der Waals surface area contributed by atoms with Gasteiger partial charge in [-0.25, -0.2) is 4.99 Å². The molecule has 5 heteroatoms. The van der Waals surface area contributed by atoms with Crippen LogP contribution in [0.1, 0.15) is 31.4 Å². The maximum Gasteiger partial charge on any atom is 0.266 e. The molecule has 1 amide bonds. The molecule has 0 N–H and O–H groups in total. The molecule has 0 saturated carbocycles. The van der Waals surface area contributed by atoms with Crippen LogP contribution in [-0.2, 0) is 4.79 Å². The summed E-state index contributed by atoms with van der Waals surface area (Å²) >= 11 is 1.38. The highest BCUT2D eigenvalue weighted by Gasteiger charge is 2.30. The number of carbonyl (C=O) groups excluding carboxylic acids is 1. The number of aliphatic imine (C=N–C) groups is 1. The van der Waals surface area contributed by atoms with E-state index in [1.807, 2.05) is 42.5 Å². The van der Waals surface area contributed by atoms with Crippen LogP contribution in [0, 0.1) is 6.92 Å². The van der Waals surface area contributed by atoms with Gasteiger partial charge in [-0.2, -0.15) is 0 Å². The number of amides is 1. The standard InChI is InChI=1S/C25H22N2O2S.C3H8/c1-17-4-8-19(9-5-17)20-10-6-18(7-11-20)16-23-24(28)27(2)25(30-23)26-21-12-14-22(29-3)15-13-21;1-3-2/h4-16H,1-3H3;3H2,1-2H3/b23-16-,26-25?;. The van der Waals surface area contributed by atoms with Gasteiger partial charge in [-0.05, 0) is 65.7 Å². The molecule has 3 aromatic carbocycles. The van der Waals surface area contributed by atoms with E-state index < -0.39 is 0 Å². The minimum atomic E-state index is -0.0464. The smallest absolute Gasteiger partial charge is 0.266 e. The number of hydrogen-bond donors (Lipinski definition) is 0. The van der Waals surface area contributed by atoms with Crippen LogP contribution in [0.2, 0.25) is 0 Å². The quantitative estimate of drug-likeness (QED) is 0.385. The Bertz CT molecular complexity index is 1130. The van der Waals surface area contributed by atoms with Gasteiger partial charge in [0.15, 0.2) is 5.17 Å². The second-order valence-electron chi connectivity index (χ2n) is 7.76. The lowest BCUT2D eigenvalue weighted by Crippen LogP contribution is -2.23. The lowest BCUT2D eigenvalue weighted by Gasteiger charge is -2.07. The van der Waals surface area contributed by atoms with Crippen LogP contribution in [0.15, 0.2) is 82.7 Å². The molecule has 1 heterocycles. The first-order valence-corrected chi connectivity index (χ1v) is 11.8. The van der Waals surface area contributed by atoms with Crippen LogP contribution in [0.5, 0.6) is 5.75 Å². The van der Waals surface area contributed by atoms with Gasteiger partial charge in [-0.3, -0.25) is 9.69 Å². The summed E-state index contributed by atoms with van der Waals surface area (Å²) in [6.07, 6.45) is 3.17. The maximum atomic E-state index is 12.7. The Morgan fingerprint density at radius 1 is 0.909 bits per heavy atom. The Hall–Kier alpha value is -3.31. The lowest BCUT2D eigenvalue weighted by molar-refractivity contribution is -0.121. The van der Waals surface area contributed by atoms with Crippen molar-refractivity contribution < 1.29 is 9.53 Å². The number of rotatable bonds is 4. The van der Waals surface area contributed by atoms with Gasteiger partial charge in [0.25, 0.3) is 5.91 Å². The predicted octanol–water partition coefficient (Wildman–Crippen LogP) is 7.32. The molecule has 0 aliphatic carbocycles. The van der Waals surface area contributed by atoms with Crippen molar-refractivity contribution in [1.82, 2.24) is 4.90 Å². The number of benzene rings is 3. The number of methoxy groups -OCH3 is 1. The molecule has 0 spiro atoms. The van der Waals surface area contributed by atoms with Gasteiger partial charge in [0.05, 0.1) is 17.7 Å². The molecule has 0 atom stereocenters. The zero-order valence-corrected chi connectivity index (χ0v) is 20.6. The topological polar surface area (TPSA) is 41.9 Å². The van der Waals surface area contributed by atoms with E-state index in [4.69, 9.17) is 4.74 Å². The number of thioether (sulfide) groups is 1. The molecule has 0 unspecified atom stereocenters. The number of ether oxygens (including phenoxy) is 1. The summed E-state index contributed by atoms with van der Waals surface area (Å²) in [5.41, 5.74) is 5.34. The van der Waals surface area contributed by atoms with Crippen LogP contribution in [0.4, 0.5) is 5.69 Å². The highest BCUT2D eigenvalue weighted by molar-refractivity contribution is 8.18. The minimum absolute atomic E-state index is 0.0464. The third kappa shape index (κ3) is 6.36. The van der Waals surface area contributed by atoms with Gasteiger partial charge >= 0.3 is 0 Å². The fourth-order valence-electron chi connectivity index (χ4n) is 3.09. The highest BCUT2D eigenvalue weighted by atomic mass is 32.2. The van der Waals surface area contributed by atoms with Crippen LogP contribution < -0.4 is 4.74 Å². The maximum absolute atomic E-state index is 12.7. The van der Waals surface area contributed by atoms with Gasteiger partial charge in [0, 0.05) is 7.05 Å². The van der Waals surface area contributed by atoms with E-state index in [1.54, 1.807) is 19.1 Å². The first kappa shape index (κ1) is 24.3. The fourth-order valence-corrected chi connectivity index (χ4v) is 4.07. The molecule has 4 nitrogen and oxygen atoms in total. The molecule has 1 aliphatic rings. The normalized spacial score (nSPS) is 15.5. The van der Waals surface area contributed by atoms with E-state index in [0.717, 1.165) is 22.6 Å². The van der Waals surface area contributed by atoms with Gasteiger partial charge in [0.2, 0.25) is 0 Å². The number of nitrogens with zero attached hydrogens (tertiary/aromatic N) is 2. The average Bonchev–Trinajstić information content (AvgIpc) is 3.09. The van der Waals surface area contributed by atoms with Crippen LogP contribution in [-0.4, -0.2) is 30.1 Å². The molecule has 1 aliphatic heterocycles. The summed E-state index contributed by atoms with van der Waals surface area (Å²) in [7, 11) is 3.38. The Morgan fingerprint density at radius 2 is 1.45 bits per heavy atom. The minimum Gasteiger partial charge on any atom is -0.497 e. The van der Waals surface area contributed by atoms with E-state index in [2.05, 4.69) is 62.2 Å². The van der Waals surface area contributed by atoms with Crippen molar-refractivity contribution in [3.63, 3.8) is 0 Å². The Kier molecular flexibility index (Phi) is 8.50. The molecule has 33 heavy (non-hydrogen) atoms. The predicted molar refractivity (Wildman–Crippen MR) is 141 cm³/mol. The summed E-state index contributed by atoms with van der Waals surface area (Å²) in [6, 6.07) is 24.1. The summed E-state index contributed by atoms with van der Waals surface area (Å²) in [5, 5.41) is 0.660. The molecular formula is C28H30N2O2S. The largest absolute Gasteiger partial charge is 0.497 e. The number of likely N-dealkylation sites (N-methyl/N-ethyl adjacent to an activating group) is 1. The SMILES string of the molecule is CCC.COc1ccc(N=C2S/C(=C\c3ccc(-c4ccc(C)cc4)cc3)C(=O)N2C)cc1. The number of hydrogen-bond acceptors (Lipinski definition) is 4. The zero-order valence-electron chi connectivity index (χ0n) is 19.8. The summed E-state index contributed by atoms with van der Waals surface area (Å²) in [5.74, 6) is 0.729. The van der Waals surface area contributed by atoms with Crippen molar-refractivity contribution >= 4 is 34.6 Å². The second-order valence-corrected chi connectivity index (χ2v) is 8.77. The molecule has 0 radical (unpaired) electrons. The molecule has 4 rings (SSSR count). The van der Waals surface area contributed by atoms with Gasteiger partial charge in [0.1, 0.15) is 5.75 Å². The van der Waals surface area contributed by atoms with Gasteiger partial charge in [-0.1, -0.05) is 74.4 Å². The Labute approximate surface area is 201 Å². The van der Waals surface area contributed by atoms with Crippen molar-refractivity contribution in [3.05, 3.63) is 88.8 Å². The van der Waals surface area contributed by atoms with E-state index in [-0.39, 0.29) is 5.91 Å². The zero-order chi connectivity index (χ0) is 23.8. The fraction of sp³-hybridized carbons (Fsp3) is 0.214. The van der Waals surface area contributed by atoms with E-state index >= 15 is 0 Å². The van der Waals surface area contributed by atoms with Crippen LogP contribution in [0.3, 0.4) is 0 Å². The average molecular weight is 459 g/mol. The van der Waals surface area contributed by atoms with Crippen LogP contribution >= 0.6 is 11.8 Å². The number of carbonyl (C=O) groups is 1. The molecule has 1 fully saturated rings. The Morgan fingerprint density at radius 3 is 2.00 bits per heavy atom. The highest BCUT2D eigenvalue weighted by Crippen LogP contribution is 2.33.